The summed E-state index contributed by atoms with van der Waals surface area (Å²) in [7, 11) is 0. The highest BCUT2D eigenvalue weighted by molar-refractivity contribution is 5.93. The van der Waals surface area contributed by atoms with Gasteiger partial charge in [-0.15, -0.1) is 0 Å². The van der Waals surface area contributed by atoms with Crippen LogP contribution >= 0.6 is 0 Å². The van der Waals surface area contributed by atoms with Crippen LogP contribution in [0, 0.1) is 0 Å². The van der Waals surface area contributed by atoms with E-state index in [4.69, 9.17) is 5.11 Å². The lowest BCUT2D eigenvalue weighted by Gasteiger charge is -2.07. The van der Waals surface area contributed by atoms with E-state index in [2.05, 4.69) is 11.9 Å². The number of anilines is 1. The summed E-state index contributed by atoms with van der Waals surface area (Å²) in [4.78, 5) is 11.3. The molecule has 78 valence electrons. The van der Waals surface area contributed by atoms with Crippen LogP contribution in [0.25, 0.3) is 0 Å². The van der Waals surface area contributed by atoms with Gasteiger partial charge in [-0.1, -0.05) is 24.8 Å². The molecule has 0 saturated heterocycles. The molecule has 3 heteroatoms. The van der Waals surface area contributed by atoms with Gasteiger partial charge in [0, 0.05) is 24.6 Å². The van der Waals surface area contributed by atoms with Crippen molar-refractivity contribution in [2.24, 2.45) is 0 Å². The summed E-state index contributed by atoms with van der Waals surface area (Å²) in [6.45, 7) is 3.99. The van der Waals surface area contributed by atoms with Crippen molar-refractivity contribution in [3.63, 3.8) is 0 Å². The number of Topliss-reactive ketones (excluding diaryl/α,β-unsaturated/α-hetero) is 1. The molecule has 1 aliphatic heterocycles. The van der Waals surface area contributed by atoms with Crippen LogP contribution in [0.15, 0.2) is 36.6 Å². The summed E-state index contributed by atoms with van der Waals surface area (Å²) in [6, 6.07) is 7.92. The fraction of sp³-hybridized carbons (Fsp3) is 0.250. The molecule has 0 amide bonds. The van der Waals surface area contributed by atoms with E-state index in [1.54, 1.807) is 0 Å². The minimum Gasteiger partial charge on any atom is -0.505 e. The zero-order chi connectivity index (χ0) is 10.8. The Morgan fingerprint density at radius 1 is 1.53 bits per heavy atom. The first-order valence-corrected chi connectivity index (χ1v) is 4.92. The SMILES string of the molecule is C=C(O)C(=O)CC1CNc2ccccc21. The number of allylic oxidation sites excluding steroid dienone is 1. The first-order chi connectivity index (χ1) is 7.18. The van der Waals surface area contributed by atoms with E-state index < -0.39 is 0 Å². The lowest BCUT2D eigenvalue weighted by Crippen LogP contribution is -2.10. The summed E-state index contributed by atoms with van der Waals surface area (Å²) >= 11 is 0. The lowest BCUT2D eigenvalue weighted by atomic mass is 9.95. The first-order valence-electron chi connectivity index (χ1n) is 4.92. The number of carbonyl (C=O) groups is 1. The van der Waals surface area contributed by atoms with Gasteiger partial charge in [0.15, 0.2) is 11.5 Å². The van der Waals surface area contributed by atoms with Crippen LogP contribution in [0.5, 0.6) is 0 Å². The van der Waals surface area contributed by atoms with E-state index in [-0.39, 0.29) is 17.5 Å². The molecule has 3 nitrogen and oxygen atoms in total. The third-order valence-corrected chi connectivity index (χ3v) is 2.69. The molecular weight excluding hydrogens is 190 g/mol. The second kappa shape index (κ2) is 3.77. The van der Waals surface area contributed by atoms with Crippen molar-refractivity contribution in [3.05, 3.63) is 42.2 Å². The fourth-order valence-corrected chi connectivity index (χ4v) is 1.88. The van der Waals surface area contributed by atoms with Crippen LogP contribution in [0.4, 0.5) is 5.69 Å². The molecule has 0 aromatic heterocycles. The maximum absolute atomic E-state index is 11.3. The van der Waals surface area contributed by atoms with Gasteiger partial charge in [0.05, 0.1) is 0 Å². The van der Waals surface area contributed by atoms with Gasteiger partial charge >= 0.3 is 0 Å². The number of hydrogen-bond donors (Lipinski definition) is 2. The zero-order valence-electron chi connectivity index (χ0n) is 8.36. The number of ketones is 1. The van der Waals surface area contributed by atoms with Gasteiger partial charge in [-0.25, -0.2) is 0 Å². The molecule has 2 rings (SSSR count). The highest BCUT2D eigenvalue weighted by Gasteiger charge is 2.24. The van der Waals surface area contributed by atoms with E-state index >= 15 is 0 Å². The summed E-state index contributed by atoms with van der Waals surface area (Å²) in [6.07, 6.45) is 0.319. The Bertz CT molecular complexity index is 412. The third kappa shape index (κ3) is 1.86. The number of aliphatic hydroxyl groups is 1. The van der Waals surface area contributed by atoms with Crippen LogP contribution in [0.2, 0.25) is 0 Å². The van der Waals surface area contributed by atoms with Crippen molar-refractivity contribution in [1.29, 1.82) is 0 Å². The molecule has 0 aliphatic carbocycles. The topological polar surface area (TPSA) is 49.3 Å². The Labute approximate surface area is 88.4 Å². The molecule has 0 spiro atoms. The van der Waals surface area contributed by atoms with Crippen molar-refractivity contribution in [2.45, 2.75) is 12.3 Å². The monoisotopic (exact) mass is 203 g/mol. The van der Waals surface area contributed by atoms with Crippen molar-refractivity contribution >= 4 is 11.5 Å². The van der Waals surface area contributed by atoms with Gasteiger partial charge in [-0.2, -0.15) is 0 Å². The molecule has 0 fully saturated rings. The lowest BCUT2D eigenvalue weighted by molar-refractivity contribution is -0.118. The predicted molar refractivity (Wildman–Crippen MR) is 59.1 cm³/mol. The van der Waals surface area contributed by atoms with Crippen LogP contribution in [0.3, 0.4) is 0 Å². The molecule has 0 radical (unpaired) electrons. The number of aliphatic hydroxyl groups excluding tert-OH is 1. The Balaban J connectivity index is 2.14. The number of nitrogens with one attached hydrogen (secondary N) is 1. The largest absolute Gasteiger partial charge is 0.505 e. The van der Waals surface area contributed by atoms with Gasteiger partial charge in [0.2, 0.25) is 0 Å². The Hall–Kier alpha value is -1.77. The smallest absolute Gasteiger partial charge is 0.197 e. The standard InChI is InChI=1S/C12H13NO2/c1-8(14)12(15)6-9-7-13-11-5-3-2-4-10(9)11/h2-5,9,13-14H,1,6-7H2. The first kappa shape index (κ1) is 9.77. The molecule has 1 unspecified atom stereocenters. The Kier molecular flexibility index (Phi) is 2.46. The van der Waals surface area contributed by atoms with Gasteiger partial charge in [0.25, 0.3) is 0 Å². The zero-order valence-corrected chi connectivity index (χ0v) is 8.36. The van der Waals surface area contributed by atoms with Crippen molar-refractivity contribution in [3.8, 4) is 0 Å². The maximum atomic E-state index is 11.3. The highest BCUT2D eigenvalue weighted by Crippen LogP contribution is 2.33. The summed E-state index contributed by atoms with van der Waals surface area (Å²) in [5, 5.41) is 12.2. The molecule has 1 heterocycles. The average Bonchev–Trinajstić information content (AvgIpc) is 2.62. The third-order valence-electron chi connectivity index (χ3n) is 2.69. The van der Waals surface area contributed by atoms with E-state index in [9.17, 15) is 4.79 Å². The van der Waals surface area contributed by atoms with E-state index in [0.717, 1.165) is 17.8 Å². The molecule has 0 saturated carbocycles. The molecule has 0 bridgehead atoms. The Morgan fingerprint density at radius 3 is 3.00 bits per heavy atom. The molecule has 15 heavy (non-hydrogen) atoms. The molecule has 1 atom stereocenters. The highest BCUT2D eigenvalue weighted by atomic mass is 16.3. The van der Waals surface area contributed by atoms with E-state index in [0.29, 0.717) is 6.42 Å². The normalized spacial score (nSPS) is 18.0. The van der Waals surface area contributed by atoms with Crippen molar-refractivity contribution < 1.29 is 9.90 Å². The molecular formula is C12H13NO2. The second-order valence-electron chi connectivity index (χ2n) is 3.74. The van der Waals surface area contributed by atoms with Crippen molar-refractivity contribution in [1.82, 2.24) is 0 Å². The minimum atomic E-state index is -0.348. The minimum absolute atomic E-state index is 0.151. The molecule has 1 aliphatic rings. The maximum Gasteiger partial charge on any atom is 0.197 e. The number of rotatable bonds is 3. The second-order valence-corrected chi connectivity index (χ2v) is 3.74. The molecule has 1 aromatic carbocycles. The van der Waals surface area contributed by atoms with Gasteiger partial charge in [0.1, 0.15) is 0 Å². The molecule has 2 N–H and O–H groups in total. The summed E-state index contributed by atoms with van der Waals surface area (Å²) < 4.78 is 0. The van der Waals surface area contributed by atoms with Crippen LogP contribution in [-0.2, 0) is 4.79 Å². The van der Waals surface area contributed by atoms with Crippen LogP contribution in [0.1, 0.15) is 17.9 Å². The summed E-state index contributed by atoms with van der Waals surface area (Å²) in [5.41, 5.74) is 2.23. The number of fused-ring (bicyclic) bond motifs is 1. The number of para-hydroxylation sites is 1. The predicted octanol–water partition coefficient (Wildman–Crippen LogP) is 2.23. The van der Waals surface area contributed by atoms with Gasteiger partial charge < -0.3 is 10.4 Å². The van der Waals surface area contributed by atoms with Gasteiger partial charge in [-0.3, -0.25) is 4.79 Å². The number of hydrogen-bond acceptors (Lipinski definition) is 3. The number of benzene rings is 1. The fourth-order valence-electron chi connectivity index (χ4n) is 1.88. The number of carbonyl (C=O) groups excluding carboxylic acids is 1. The van der Waals surface area contributed by atoms with Crippen molar-refractivity contribution in [2.75, 3.05) is 11.9 Å². The van der Waals surface area contributed by atoms with Crippen LogP contribution < -0.4 is 5.32 Å². The van der Waals surface area contributed by atoms with Gasteiger partial charge in [-0.05, 0) is 11.6 Å². The Morgan fingerprint density at radius 2 is 2.27 bits per heavy atom. The van der Waals surface area contributed by atoms with E-state index in [1.165, 1.54) is 0 Å². The average molecular weight is 203 g/mol. The molecule has 1 aromatic rings. The summed E-state index contributed by atoms with van der Waals surface area (Å²) in [5.74, 6) is -0.476. The van der Waals surface area contributed by atoms with Crippen LogP contribution in [-0.4, -0.2) is 17.4 Å². The van der Waals surface area contributed by atoms with E-state index in [1.807, 2.05) is 24.3 Å². The quantitative estimate of drug-likeness (QED) is 0.585.